The molecule has 94 valence electrons. The third-order valence-corrected chi connectivity index (χ3v) is 1.91. The second kappa shape index (κ2) is 5.92. The maximum absolute atomic E-state index is 10.7. The van der Waals surface area contributed by atoms with Crippen molar-refractivity contribution in [2.75, 3.05) is 31.4 Å². The monoisotopic (exact) mass is 243 g/mol. The number of nitrogens with two attached hydrogens (primary N) is 1. The summed E-state index contributed by atoms with van der Waals surface area (Å²) in [4.78, 5) is 17.3. The van der Waals surface area contributed by atoms with Crippen LogP contribution in [0.4, 0.5) is 17.5 Å². The number of nitrogens with one attached hydrogen (secondary N) is 1. The minimum Gasteiger partial charge on any atom is -0.394 e. The van der Waals surface area contributed by atoms with Crippen molar-refractivity contribution in [3.8, 4) is 0 Å². The van der Waals surface area contributed by atoms with Crippen LogP contribution in [0.2, 0.25) is 0 Å². The Bertz CT molecular complexity index is 400. The maximum atomic E-state index is 10.7. The Morgan fingerprint density at radius 1 is 1.76 bits per heavy atom. The van der Waals surface area contributed by atoms with Crippen LogP contribution < -0.4 is 11.1 Å². The zero-order valence-corrected chi connectivity index (χ0v) is 9.16. The van der Waals surface area contributed by atoms with Crippen LogP contribution in [0.25, 0.3) is 0 Å². The van der Waals surface area contributed by atoms with Crippen LogP contribution >= 0.6 is 0 Å². The molecule has 17 heavy (non-hydrogen) atoms. The van der Waals surface area contributed by atoms with E-state index in [2.05, 4.69) is 15.3 Å². The van der Waals surface area contributed by atoms with E-state index in [1.807, 2.05) is 0 Å². The van der Waals surface area contributed by atoms with Gasteiger partial charge in [0.25, 0.3) is 0 Å². The van der Waals surface area contributed by atoms with Gasteiger partial charge >= 0.3 is 5.69 Å². The Hall–Kier alpha value is -2.00. The summed E-state index contributed by atoms with van der Waals surface area (Å²) in [7, 11) is 1.45. The van der Waals surface area contributed by atoms with E-state index in [-0.39, 0.29) is 30.7 Å². The lowest BCUT2D eigenvalue weighted by atomic mass is 10.3. The van der Waals surface area contributed by atoms with Crippen LogP contribution in [0.15, 0.2) is 6.20 Å². The minimum absolute atomic E-state index is 0.0430. The molecule has 0 bridgehead atoms. The highest BCUT2D eigenvalue weighted by Crippen LogP contribution is 2.21. The van der Waals surface area contributed by atoms with Gasteiger partial charge in [-0.2, -0.15) is 4.98 Å². The number of aliphatic hydroxyl groups is 1. The second-order valence-electron chi connectivity index (χ2n) is 3.20. The molecule has 1 aromatic rings. The van der Waals surface area contributed by atoms with Crippen molar-refractivity contribution < 1.29 is 14.8 Å². The molecule has 0 spiro atoms. The number of anilines is 2. The van der Waals surface area contributed by atoms with E-state index in [0.717, 1.165) is 6.20 Å². The summed E-state index contributed by atoms with van der Waals surface area (Å²) in [5.74, 6) is -0.134. The number of methoxy groups -OCH3 is 1. The first-order chi connectivity index (χ1) is 8.08. The first kappa shape index (κ1) is 13.1. The highest BCUT2D eigenvalue weighted by atomic mass is 16.6. The van der Waals surface area contributed by atoms with Gasteiger partial charge < -0.3 is 20.9 Å². The highest BCUT2D eigenvalue weighted by molar-refractivity contribution is 5.56. The molecule has 0 radical (unpaired) electrons. The zero-order chi connectivity index (χ0) is 12.8. The molecule has 0 amide bonds. The smallest absolute Gasteiger partial charge is 0.329 e. The average molecular weight is 243 g/mol. The number of aromatic nitrogens is 2. The molecule has 0 aliphatic heterocycles. The average Bonchev–Trinajstić information content (AvgIpc) is 2.28. The Morgan fingerprint density at radius 2 is 2.47 bits per heavy atom. The number of rotatable bonds is 6. The SMILES string of the molecule is COCC(CO)Nc1nc(N)ncc1[N+](=O)[O-]. The van der Waals surface area contributed by atoms with Crippen molar-refractivity contribution in [1.82, 2.24) is 9.97 Å². The summed E-state index contributed by atoms with van der Waals surface area (Å²) < 4.78 is 4.83. The van der Waals surface area contributed by atoms with Crippen molar-refractivity contribution in [3.05, 3.63) is 16.3 Å². The van der Waals surface area contributed by atoms with Crippen molar-refractivity contribution in [3.63, 3.8) is 0 Å². The molecule has 0 fully saturated rings. The standard InChI is InChI=1S/C8H13N5O4/c1-17-4-5(3-14)11-7-6(13(15)16)2-10-8(9)12-7/h2,5,14H,3-4H2,1H3,(H3,9,10,11,12). The Morgan fingerprint density at radius 3 is 3.00 bits per heavy atom. The van der Waals surface area contributed by atoms with Gasteiger partial charge in [-0.15, -0.1) is 0 Å². The number of aliphatic hydroxyl groups excluding tert-OH is 1. The van der Waals surface area contributed by atoms with Gasteiger partial charge in [0.15, 0.2) is 0 Å². The predicted octanol–water partition coefficient (Wildman–Crippen LogP) is -0.614. The molecule has 9 nitrogen and oxygen atoms in total. The fourth-order valence-corrected chi connectivity index (χ4v) is 1.16. The molecule has 0 saturated heterocycles. The van der Waals surface area contributed by atoms with Gasteiger partial charge in [-0.3, -0.25) is 10.1 Å². The predicted molar refractivity (Wildman–Crippen MR) is 59.5 cm³/mol. The summed E-state index contributed by atoms with van der Waals surface area (Å²) in [5, 5.41) is 22.4. The third-order valence-electron chi connectivity index (χ3n) is 1.91. The van der Waals surface area contributed by atoms with Crippen LogP contribution in [-0.4, -0.2) is 46.4 Å². The number of ether oxygens (including phenoxy) is 1. The van der Waals surface area contributed by atoms with Crippen LogP contribution in [0.5, 0.6) is 0 Å². The number of hydrogen-bond acceptors (Lipinski definition) is 8. The molecule has 1 atom stereocenters. The third kappa shape index (κ3) is 3.50. The lowest BCUT2D eigenvalue weighted by Crippen LogP contribution is -2.29. The summed E-state index contributed by atoms with van der Waals surface area (Å²) >= 11 is 0. The summed E-state index contributed by atoms with van der Waals surface area (Å²) in [5.41, 5.74) is 5.03. The highest BCUT2D eigenvalue weighted by Gasteiger charge is 2.19. The van der Waals surface area contributed by atoms with E-state index in [0.29, 0.717) is 0 Å². The second-order valence-corrected chi connectivity index (χ2v) is 3.20. The number of hydrogen-bond donors (Lipinski definition) is 3. The summed E-state index contributed by atoms with van der Waals surface area (Å²) in [6.45, 7) is -0.0769. The van der Waals surface area contributed by atoms with Gasteiger partial charge in [-0.1, -0.05) is 0 Å². The van der Waals surface area contributed by atoms with Gasteiger partial charge in [0.2, 0.25) is 11.8 Å². The van der Waals surface area contributed by atoms with E-state index in [1.54, 1.807) is 0 Å². The van der Waals surface area contributed by atoms with Crippen LogP contribution in [-0.2, 0) is 4.74 Å². The van der Waals surface area contributed by atoms with E-state index in [4.69, 9.17) is 15.6 Å². The van der Waals surface area contributed by atoms with Gasteiger partial charge in [0, 0.05) is 7.11 Å². The lowest BCUT2D eigenvalue weighted by Gasteiger charge is -2.15. The van der Waals surface area contributed by atoms with Gasteiger partial charge in [-0.05, 0) is 0 Å². The molecule has 4 N–H and O–H groups in total. The molecule has 0 aliphatic carbocycles. The Labute approximate surface area is 96.8 Å². The molecule has 0 aromatic carbocycles. The Balaban J connectivity index is 2.94. The first-order valence-electron chi connectivity index (χ1n) is 4.71. The summed E-state index contributed by atoms with van der Waals surface area (Å²) in [6.07, 6.45) is 1.01. The van der Waals surface area contributed by atoms with Gasteiger partial charge in [0.05, 0.1) is 24.2 Å². The molecule has 0 aliphatic rings. The van der Waals surface area contributed by atoms with Crippen LogP contribution in [0.3, 0.4) is 0 Å². The molecule has 1 rings (SSSR count). The molecule has 1 unspecified atom stereocenters. The summed E-state index contributed by atoms with van der Waals surface area (Å²) in [6, 6.07) is -0.506. The fraction of sp³-hybridized carbons (Fsp3) is 0.500. The zero-order valence-electron chi connectivity index (χ0n) is 9.16. The molecule has 1 aromatic heterocycles. The minimum atomic E-state index is -0.636. The molecular formula is C8H13N5O4. The quantitative estimate of drug-likeness (QED) is 0.444. The maximum Gasteiger partial charge on any atom is 0.329 e. The molecule has 1 heterocycles. The van der Waals surface area contributed by atoms with Crippen molar-refractivity contribution >= 4 is 17.5 Å². The van der Waals surface area contributed by atoms with Crippen LogP contribution in [0.1, 0.15) is 0 Å². The van der Waals surface area contributed by atoms with Gasteiger partial charge in [0.1, 0.15) is 6.20 Å². The topological polar surface area (TPSA) is 136 Å². The van der Waals surface area contributed by atoms with Crippen molar-refractivity contribution in [2.45, 2.75) is 6.04 Å². The Kier molecular flexibility index (Phi) is 4.55. The molecular weight excluding hydrogens is 230 g/mol. The molecule has 0 saturated carbocycles. The van der Waals surface area contributed by atoms with Crippen molar-refractivity contribution in [1.29, 1.82) is 0 Å². The lowest BCUT2D eigenvalue weighted by molar-refractivity contribution is -0.384. The largest absolute Gasteiger partial charge is 0.394 e. The first-order valence-corrected chi connectivity index (χ1v) is 4.71. The van der Waals surface area contributed by atoms with E-state index in [9.17, 15) is 10.1 Å². The number of nitrogen functional groups attached to an aromatic ring is 1. The van der Waals surface area contributed by atoms with Crippen molar-refractivity contribution in [2.24, 2.45) is 0 Å². The van der Waals surface area contributed by atoms with E-state index < -0.39 is 11.0 Å². The normalized spacial score (nSPS) is 12.1. The number of nitrogens with zero attached hydrogens (tertiary/aromatic N) is 3. The van der Waals surface area contributed by atoms with E-state index in [1.165, 1.54) is 7.11 Å². The van der Waals surface area contributed by atoms with Gasteiger partial charge in [-0.25, -0.2) is 4.98 Å². The molecule has 9 heteroatoms. The van der Waals surface area contributed by atoms with E-state index >= 15 is 0 Å². The fourth-order valence-electron chi connectivity index (χ4n) is 1.16. The number of nitro groups is 1. The van der Waals surface area contributed by atoms with Crippen LogP contribution in [0, 0.1) is 10.1 Å².